The van der Waals surface area contributed by atoms with Crippen molar-refractivity contribution in [3.63, 3.8) is 0 Å². The maximum absolute atomic E-state index is 13.7. The third-order valence-electron chi connectivity index (χ3n) is 7.14. The summed E-state index contributed by atoms with van der Waals surface area (Å²) in [6.45, 7) is 7.95. The van der Waals surface area contributed by atoms with Crippen LogP contribution in [0.5, 0.6) is 0 Å². The van der Waals surface area contributed by atoms with Crippen LogP contribution in [0.2, 0.25) is 0 Å². The van der Waals surface area contributed by atoms with Crippen molar-refractivity contribution in [3.05, 3.63) is 112 Å². The number of nitrogens with zero attached hydrogens (tertiary/aromatic N) is 4. The van der Waals surface area contributed by atoms with Gasteiger partial charge in [-0.25, -0.2) is 16.8 Å². The van der Waals surface area contributed by atoms with Crippen molar-refractivity contribution in [2.24, 2.45) is 0 Å². The molecule has 0 radical (unpaired) electrons. The van der Waals surface area contributed by atoms with Crippen LogP contribution in [0.4, 0.5) is 5.69 Å². The summed E-state index contributed by atoms with van der Waals surface area (Å²) in [4.78, 5) is 12.9. The molecule has 1 heterocycles. The van der Waals surface area contributed by atoms with E-state index in [9.17, 15) is 26.9 Å². The second-order valence-corrected chi connectivity index (χ2v) is 14.3. The fraction of sp³-hybridized carbons (Fsp3) is 0.333. The Morgan fingerprint density at radius 3 is 1.90 bits per heavy atom. The average Bonchev–Trinajstić information content (AvgIpc) is 2.96. The molecule has 3 aromatic rings. The summed E-state index contributed by atoms with van der Waals surface area (Å²) in [5.74, 6) is 0. The van der Waals surface area contributed by atoms with Gasteiger partial charge in [-0.3, -0.25) is 15.0 Å². The molecule has 0 spiro atoms. The van der Waals surface area contributed by atoms with Gasteiger partial charge in [-0.1, -0.05) is 60.7 Å². The van der Waals surface area contributed by atoms with Gasteiger partial charge in [-0.05, 0) is 62.2 Å². The lowest BCUT2D eigenvalue weighted by atomic mass is 10.2. The second-order valence-electron chi connectivity index (χ2n) is 10.5. The maximum Gasteiger partial charge on any atom is 0.270 e. The molecule has 4 rings (SSSR count). The van der Waals surface area contributed by atoms with Gasteiger partial charge in [0.15, 0.2) is 0 Å². The molecule has 224 valence electrons. The number of sulfonamides is 2. The molecule has 1 fully saturated rings. The van der Waals surface area contributed by atoms with Crippen molar-refractivity contribution in [2.75, 3.05) is 39.3 Å². The summed E-state index contributed by atoms with van der Waals surface area (Å²) in [5, 5.41) is 11.3. The minimum absolute atomic E-state index is 0.0597. The maximum atomic E-state index is 13.7. The first kappa shape index (κ1) is 31.5. The van der Waals surface area contributed by atoms with E-state index in [0.29, 0.717) is 38.0 Å². The third-order valence-corrected chi connectivity index (χ3v) is 10.8. The first-order valence-electron chi connectivity index (χ1n) is 13.7. The molecule has 0 aliphatic carbocycles. The SMILES string of the molecule is C=C1CN(S(=O)(=O)c2ccc(C)cc2)CCCN(Cc2ccccc2)CCCN(S(=O)(=O)c2cccc([N+](=O)[O-])c2)C1. The van der Waals surface area contributed by atoms with Crippen LogP contribution in [-0.4, -0.2) is 74.5 Å². The zero-order valence-electron chi connectivity index (χ0n) is 23.6. The van der Waals surface area contributed by atoms with Crippen molar-refractivity contribution in [1.82, 2.24) is 13.5 Å². The lowest BCUT2D eigenvalue weighted by molar-refractivity contribution is -0.385. The highest BCUT2D eigenvalue weighted by Gasteiger charge is 2.30. The van der Waals surface area contributed by atoms with Gasteiger partial charge >= 0.3 is 0 Å². The van der Waals surface area contributed by atoms with E-state index >= 15 is 0 Å². The van der Waals surface area contributed by atoms with E-state index in [2.05, 4.69) is 11.5 Å². The predicted molar refractivity (Wildman–Crippen MR) is 162 cm³/mol. The molecule has 42 heavy (non-hydrogen) atoms. The Bertz CT molecular complexity index is 1610. The molecule has 0 aromatic heterocycles. The van der Waals surface area contributed by atoms with Gasteiger partial charge in [0.25, 0.3) is 5.69 Å². The van der Waals surface area contributed by atoms with Gasteiger partial charge in [0, 0.05) is 44.9 Å². The van der Waals surface area contributed by atoms with Crippen LogP contribution in [0.25, 0.3) is 0 Å². The first-order valence-corrected chi connectivity index (χ1v) is 16.6. The van der Waals surface area contributed by atoms with Crippen molar-refractivity contribution >= 4 is 25.7 Å². The van der Waals surface area contributed by atoms with Crippen LogP contribution in [0.1, 0.15) is 24.0 Å². The molecule has 0 unspecified atom stereocenters. The Hall–Kier alpha value is -3.42. The molecule has 0 atom stereocenters. The van der Waals surface area contributed by atoms with Crippen LogP contribution in [0.15, 0.2) is 101 Å². The first-order chi connectivity index (χ1) is 20.0. The standard InChI is InChI=1S/C30H36N4O6S2/c1-25-13-15-29(16-14-25)41(37,38)32-19-7-17-31(24-27-9-4-3-5-10-27)18-8-20-33(23-26(2)22-32)42(39,40)30-12-6-11-28(21-30)34(35)36/h3-6,9-16,21H,2,7-8,17-20,22-24H2,1H3. The van der Waals surface area contributed by atoms with Crippen LogP contribution in [-0.2, 0) is 26.6 Å². The van der Waals surface area contributed by atoms with Gasteiger partial charge in [-0.15, -0.1) is 0 Å². The Balaban J connectivity index is 1.66. The lowest BCUT2D eigenvalue weighted by Gasteiger charge is -2.30. The number of rotatable bonds is 7. The second kappa shape index (κ2) is 13.7. The van der Waals surface area contributed by atoms with Gasteiger partial charge < -0.3 is 0 Å². The summed E-state index contributed by atoms with van der Waals surface area (Å²) >= 11 is 0. The monoisotopic (exact) mass is 612 g/mol. The molecule has 0 saturated carbocycles. The zero-order chi connectivity index (χ0) is 30.3. The summed E-state index contributed by atoms with van der Waals surface area (Å²) in [6.07, 6.45) is 1.10. The fourth-order valence-electron chi connectivity index (χ4n) is 4.94. The number of hydrogen-bond acceptors (Lipinski definition) is 7. The third kappa shape index (κ3) is 7.90. The smallest absolute Gasteiger partial charge is 0.270 e. The molecular weight excluding hydrogens is 576 g/mol. The van der Waals surface area contributed by atoms with E-state index in [1.165, 1.54) is 26.8 Å². The van der Waals surface area contributed by atoms with Crippen LogP contribution < -0.4 is 0 Å². The normalized spacial score (nSPS) is 17.3. The molecular formula is C30H36N4O6S2. The fourth-order valence-corrected chi connectivity index (χ4v) is 7.98. The van der Waals surface area contributed by atoms with E-state index in [-0.39, 0.29) is 41.7 Å². The summed E-state index contributed by atoms with van der Waals surface area (Å²) in [6, 6.07) is 21.5. The van der Waals surface area contributed by atoms with E-state index in [1.54, 1.807) is 24.3 Å². The van der Waals surface area contributed by atoms with E-state index in [1.807, 2.05) is 37.3 Å². The summed E-state index contributed by atoms with van der Waals surface area (Å²) < 4.78 is 57.5. The van der Waals surface area contributed by atoms with Crippen LogP contribution >= 0.6 is 0 Å². The molecule has 10 nitrogen and oxygen atoms in total. The van der Waals surface area contributed by atoms with Gasteiger partial charge in [0.2, 0.25) is 20.0 Å². The molecule has 0 N–H and O–H groups in total. The molecule has 0 bridgehead atoms. The topological polar surface area (TPSA) is 121 Å². The molecule has 1 aliphatic heterocycles. The summed E-state index contributed by atoms with van der Waals surface area (Å²) in [7, 11) is -8.03. The highest BCUT2D eigenvalue weighted by molar-refractivity contribution is 7.89. The number of nitro groups is 1. The van der Waals surface area contributed by atoms with Crippen molar-refractivity contribution in [3.8, 4) is 0 Å². The van der Waals surface area contributed by atoms with E-state index < -0.39 is 25.0 Å². The van der Waals surface area contributed by atoms with Crippen LogP contribution in [0.3, 0.4) is 0 Å². The van der Waals surface area contributed by atoms with Gasteiger partial charge in [-0.2, -0.15) is 8.61 Å². The average molecular weight is 613 g/mol. The Morgan fingerprint density at radius 2 is 1.33 bits per heavy atom. The quantitative estimate of drug-likeness (QED) is 0.220. The van der Waals surface area contributed by atoms with Crippen molar-refractivity contribution in [1.29, 1.82) is 0 Å². The number of nitro benzene ring substituents is 1. The Kier molecular flexibility index (Phi) is 10.3. The number of hydrogen-bond donors (Lipinski definition) is 0. The number of benzene rings is 3. The minimum atomic E-state index is -4.14. The molecule has 12 heteroatoms. The minimum Gasteiger partial charge on any atom is -0.299 e. The highest BCUT2D eigenvalue weighted by Crippen LogP contribution is 2.24. The lowest BCUT2D eigenvalue weighted by Crippen LogP contribution is -2.41. The highest BCUT2D eigenvalue weighted by atomic mass is 32.2. The van der Waals surface area contributed by atoms with E-state index in [0.717, 1.165) is 17.2 Å². The van der Waals surface area contributed by atoms with Crippen LogP contribution in [0, 0.1) is 17.0 Å². The Morgan fingerprint density at radius 1 is 0.762 bits per heavy atom. The largest absolute Gasteiger partial charge is 0.299 e. The molecule has 3 aromatic carbocycles. The molecule has 0 amide bonds. The molecule has 1 aliphatic rings. The molecule has 1 saturated heterocycles. The van der Waals surface area contributed by atoms with Crippen molar-refractivity contribution < 1.29 is 21.8 Å². The predicted octanol–water partition coefficient (Wildman–Crippen LogP) is 4.44. The zero-order valence-corrected chi connectivity index (χ0v) is 25.3. The van der Waals surface area contributed by atoms with E-state index in [4.69, 9.17) is 0 Å². The van der Waals surface area contributed by atoms with Gasteiger partial charge in [0.05, 0.1) is 14.7 Å². The van der Waals surface area contributed by atoms with Crippen molar-refractivity contribution in [2.45, 2.75) is 36.1 Å². The summed E-state index contributed by atoms with van der Waals surface area (Å²) in [5.41, 5.74) is 2.11. The van der Waals surface area contributed by atoms with Gasteiger partial charge in [0.1, 0.15) is 0 Å². The number of non-ortho nitro benzene ring substituents is 1. The number of aryl methyl sites for hydroxylation is 1. The Labute approximate surface area is 248 Å².